The molecule has 2 heterocycles. The van der Waals surface area contributed by atoms with Crippen molar-refractivity contribution in [2.24, 2.45) is 10.7 Å². The molecule has 0 amide bonds. The van der Waals surface area contributed by atoms with E-state index in [2.05, 4.69) is 20.2 Å². The van der Waals surface area contributed by atoms with E-state index in [1.807, 2.05) is 29.2 Å². The van der Waals surface area contributed by atoms with Crippen molar-refractivity contribution in [3.63, 3.8) is 0 Å². The summed E-state index contributed by atoms with van der Waals surface area (Å²) in [5, 5.41) is 6.71. The van der Waals surface area contributed by atoms with E-state index in [4.69, 9.17) is 10.5 Å². The molecule has 1 fully saturated rings. The number of guanidine groups is 1. The Bertz CT molecular complexity index is 610. The maximum Gasteiger partial charge on any atom is 0.191 e. The van der Waals surface area contributed by atoms with Gasteiger partial charge in [0.25, 0.3) is 0 Å². The number of ether oxygens (including phenoxy) is 1. The minimum atomic E-state index is 0. The van der Waals surface area contributed by atoms with Crippen molar-refractivity contribution < 1.29 is 4.74 Å². The number of nitrogens with one attached hydrogen (secondary N) is 1. The Morgan fingerprint density at radius 2 is 2.18 bits per heavy atom. The van der Waals surface area contributed by atoms with Crippen LogP contribution in [0.4, 0.5) is 0 Å². The number of benzene rings is 1. The van der Waals surface area contributed by atoms with Crippen molar-refractivity contribution in [3.05, 3.63) is 36.2 Å². The van der Waals surface area contributed by atoms with Crippen molar-refractivity contribution in [3.8, 4) is 11.4 Å². The van der Waals surface area contributed by atoms with Crippen LogP contribution in [-0.2, 0) is 11.3 Å². The van der Waals surface area contributed by atoms with Crippen LogP contribution in [0.3, 0.4) is 0 Å². The summed E-state index contributed by atoms with van der Waals surface area (Å²) in [6, 6.07) is 8.03. The largest absolute Gasteiger partial charge is 0.378 e. The number of halogens is 1. The molecule has 1 aliphatic rings. The number of aliphatic imine (C=N–C) groups is 1. The minimum absolute atomic E-state index is 0. The second-order valence-corrected chi connectivity index (χ2v) is 4.81. The van der Waals surface area contributed by atoms with Gasteiger partial charge in [-0.3, -0.25) is 5.10 Å². The first-order chi connectivity index (χ1) is 10.3. The Morgan fingerprint density at radius 1 is 1.36 bits per heavy atom. The second-order valence-electron chi connectivity index (χ2n) is 4.81. The van der Waals surface area contributed by atoms with Crippen LogP contribution in [0.15, 0.2) is 35.6 Å². The molecule has 3 N–H and O–H groups in total. The molecule has 0 unspecified atom stereocenters. The smallest absolute Gasteiger partial charge is 0.191 e. The lowest BCUT2D eigenvalue weighted by atomic mass is 10.1. The number of aromatic nitrogens is 3. The maximum absolute atomic E-state index is 6.02. The van der Waals surface area contributed by atoms with Gasteiger partial charge >= 0.3 is 0 Å². The van der Waals surface area contributed by atoms with Gasteiger partial charge < -0.3 is 15.4 Å². The first-order valence-corrected chi connectivity index (χ1v) is 6.90. The molecule has 1 aromatic heterocycles. The highest BCUT2D eigenvalue weighted by molar-refractivity contribution is 14.0. The first kappa shape index (κ1) is 16.7. The Hall–Kier alpha value is -1.68. The van der Waals surface area contributed by atoms with Crippen LogP contribution < -0.4 is 5.73 Å². The van der Waals surface area contributed by atoms with Crippen molar-refractivity contribution >= 4 is 29.9 Å². The zero-order valence-electron chi connectivity index (χ0n) is 12.1. The molecule has 22 heavy (non-hydrogen) atoms. The Kier molecular flexibility index (Phi) is 6.13. The Morgan fingerprint density at radius 3 is 2.91 bits per heavy atom. The molecule has 0 radical (unpaired) electrons. The lowest BCUT2D eigenvalue weighted by Crippen LogP contribution is -2.44. The van der Waals surface area contributed by atoms with Crippen molar-refractivity contribution in [2.75, 3.05) is 26.3 Å². The summed E-state index contributed by atoms with van der Waals surface area (Å²) < 4.78 is 5.30. The molecule has 1 aliphatic heterocycles. The van der Waals surface area contributed by atoms with Crippen molar-refractivity contribution in [2.45, 2.75) is 6.54 Å². The van der Waals surface area contributed by atoms with Gasteiger partial charge in [-0.25, -0.2) is 9.98 Å². The van der Waals surface area contributed by atoms with Crippen LogP contribution in [-0.4, -0.2) is 52.3 Å². The van der Waals surface area contributed by atoms with E-state index in [-0.39, 0.29) is 24.0 Å². The molecule has 2 aromatic rings. The molecule has 0 aliphatic carbocycles. The molecule has 3 rings (SSSR count). The highest BCUT2D eigenvalue weighted by Crippen LogP contribution is 2.16. The van der Waals surface area contributed by atoms with Gasteiger partial charge in [-0.1, -0.05) is 18.2 Å². The number of hydrogen-bond acceptors (Lipinski definition) is 4. The highest BCUT2D eigenvalue weighted by atomic mass is 127. The molecular weight excluding hydrogens is 395 g/mol. The third-order valence-electron chi connectivity index (χ3n) is 3.37. The lowest BCUT2D eigenvalue weighted by molar-refractivity contribution is 0.0674. The third kappa shape index (κ3) is 4.17. The second kappa shape index (κ2) is 8.08. The summed E-state index contributed by atoms with van der Waals surface area (Å²) in [5.41, 5.74) is 8.10. The number of aromatic amines is 1. The number of nitrogens with zero attached hydrogens (tertiary/aromatic N) is 4. The molecule has 8 heteroatoms. The fraction of sp³-hybridized carbons (Fsp3) is 0.357. The Labute approximate surface area is 146 Å². The average molecular weight is 414 g/mol. The van der Waals surface area contributed by atoms with Crippen LogP contribution in [0.25, 0.3) is 11.4 Å². The van der Waals surface area contributed by atoms with E-state index in [1.54, 1.807) is 0 Å². The molecule has 118 valence electrons. The maximum atomic E-state index is 6.02. The van der Waals surface area contributed by atoms with Crippen LogP contribution >= 0.6 is 24.0 Å². The number of morpholine rings is 1. The van der Waals surface area contributed by atoms with E-state index >= 15 is 0 Å². The fourth-order valence-electron chi connectivity index (χ4n) is 2.23. The molecule has 7 nitrogen and oxygen atoms in total. The van der Waals surface area contributed by atoms with E-state index in [0.717, 1.165) is 30.0 Å². The van der Waals surface area contributed by atoms with Gasteiger partial charge in [-0.05, 0) is 11.6 Å². The summed E-state index contributed by atoms with van der Waals surface area (Å²) in [6.07, 6.45) is 1.50. The van der Waals surface area contributed by atoms with Crippen LogP contribution in [0.2, 0.25) is 0 Å². The van der Waals surface area contributed by atoms with Gasteiger partial charge in [0.05, 0.1) is 19.8 Å². The van der Waals surface area contributed by atoms with E-state index in [9.17, 15) is 0 Å². The molecule has 0 spiro atoms. The first-order valence-electron chi connectivity index (χ1n) is 6.90. The number of H-pyrrole nitrogens is 1. The normalized spacial score (nSPS) is 15.5. The topological polar surface area (TPSA) is 92.4 Å². The summed E-state index contributed by atoms with van der Waals surface area (Å²) in [6.45, 7) is 3.56. The van der Waals surface area contributed by atoms with E-state index in [1.165, 1.54) is 6.33 Å². The predicted molar refractivity (Wildman–Crippen MR) is 95.0 cm³/mol. The average Bonchev–Trinajstić information content (AvgIpc) is 3.08. The monoisotopic (exact) mass is 414 g/mol. The van der Waals surface area contributed by atoms with Crippen molar-refractivity contribution in [1.82, 2.24) is 20.1 Å². The van der Waals surface area contributed by atoms with Gasteiger partial charge in [0, 0.05) is 18.7 Å². The molecule has 0 bridgehead atoms. The molecule has 0 atom stereocenters. The molecular formula is C14H19IN6O. The Balaban J connectivity index is 0.00000176. The van der Waals surface area contributed by atoms with Crippen LogP contribution in [0.5, 0.6) is 0 Å². The molecule has 1 saturated heterocycles. The van der Waals surface area contributed by atoms with Gasteiger partial charge in [0.1, 0.15) is 6.33 Å². The molecule has 1 aromatic carbocycles. The highest BCUT2D eigenvalue weighted by Gasteiger charge is 2.11. The fourth-order valence-corrected chi connectivity index (χ4v) is 2.23. The number of rotatable bonds is 3. The quantitative estimate of drug-likeness (QED) is 0.448. The summed E-state index contributed by atoms with van der Waals surface area (Å²) >= 11 is 0. The van der Waals surface area contributed by atoms with Crippen LogP contribution in [0.1, 0.15) is 5.56 Å². The van der Waals surface area contributed by atoms with E-state index in [0.29, 0.717) is 25.7 Å². The number of hydrogen-bond donors (Lipinski definition) is 2. The third-order valence-corrected chi connectivity index (χ3v) is 3.37. The predicted octanol–water partition coefficient (Wildman–Crippen LogP) is 1.24. The zero-order valence-corrected chi connectivity index (χ0v) is 14.4. The van der Waals surface area contributed by atoms with E-state index < -0.39 is 0 Å². The molecule has 0 saturated carbocycles. The summed E-state index contributed by atoms with van der Waals surface area (Å²) in [7, 11) is 0. The zero-order chi connectivity index (χ0) is 14.5. The SMILES string of the molecule is I.NC(=NCc1cccc(-c2ncn[nH]2)c1)N1CCOCC1. The van der Waals surface area contributed by atoms with Gasteiger partial charge in [0.2, 0.25) is 0 Å². The van der Waals surface area contributed by atoms with Gasteiger partial charge in [-0.15, -0.1) is 24.0 Å². The summed E-state index contributed by atoms with van der Waals surface area (Å²) in [5.74, 6) is 1.32. The lowest BCUT2D eigenvalue weighted by Gasteiger charge is -2.27. The van der Waals surface area contributed by atoms with Gasteiger partial charge in [-0.2, -0.15) is 5.10 Å². The standard InChI is InChI=1S/C14H18N6O.HI/c15-14(20-4-6-21-7-5-20)16-9-11-2-1-3-12(8-11)13-17-10-18-19-13;/h1-3,8,10H,4-7,9H2,(H2,15,16)(H,17,18,19);1H. The van der Waals surface area contributed by atoms with Crippen molar-refractivity contribution in [1.29, 1.82) is 0 Å². The number of nitrogens with two attached hydrogens (primary N) is 1. The van der Waals surface area contributed by atoms with Crippen LogP contribution in [0, 0.1) is 0 Å². The minimum Gasteiger partial charge on any atom is -0.378 e. The van der Waals surface area contributed by atoms with Gasteiger partial charge in [0.15, 0.2) is 11.8 Å². The summed E-state index contributed by atoms with van der Waals surface area (Å²) in [4.78, 5) is 10.7.